The SMILES string of the molecule is Cc1ccc(C(C)C)cc1OCCn1cc(N)ccc1=O. The fourth-order valence-electron chi connectivity index (χ4n) is 2.11. The van der Waals surface area contributed by atoms with E-state index in [-0.39, 0.29) is 5.56 Å². The highest BCUT2D eigenvalue weighted by atomic mass is 16.5. The van der Waals surface area contributed by atoms with Gasteiger partial charge in [-0.3, -0.25) is 4.79 Å². The van der Waals surface area contributed by atoms with Crippen molar-refractivity contribution in [3.63, 3.8) is 0 Å². The van der Waals surface area contributed by atoms with Gasteiger partial charge < -0.3 is 15.0 Å². The second-order valence-electron chi connectivity index (χ2n) is 5.52. The standard InChI is InChI=1S/C17H22N2O2/c1-12(2)14-5-4-13(3)16(10-14)21-9-8-19-11-15(18)6-7-17(19)20/h4-7,10-12H,8-9,18H2,1-3H3. The van der Waals surface area contributed by atoms with Crippen molar-refractivity contribution in [1.82, 2.24) is 4.57 Å². The molecule has 0 saturated heterocycles. The van der Waals surface area contributed by atoms with E-state index >= 15 is 0 Å². The van der Waals surface area contributed by atoms with Crippen LogP contribution in [-0.2, 0) is 6.54 Å². The molecule has 112 valence electrons. The Morgan fingerprint density at radius 3 is 2.71 bits per heavy atom. The molecule has 0 spiro atoms. The quantitative estimate of drug-likeness (QED) is 0.919. The van der Waals surface area contributed by atoms with Crippen molar-refractivity contribution in [2.45, 2.75) is 33.2 Å². The van der Waals surface area contributed by atoms with E-state index in [2.05, 4.69) is 32.0 Å². The Kier molecular flexibility index (Phi) is 4.68. The largest absolute Gasteiger partial charge is 0.491 e. The van der Waals surface area contributed by atoms with Gasteiger partial charge in [0.15, 0.2) is 0 Å². The predicted molar refractivity (Wildman–Crippen MR) is 85.9 cm³/mol. The number of ether oxygens (including phenoxy) is 1. The minimum absolute atomic E-state index is 0.0690. The maximum absolute atomic E-state index is 11.7. The van der Waals surface area contributed by atoms with Gasteiger partial charge in [0.05, 0.1) is 6.54 Å². The van der Waals surface area contributed by atoms with Gasteiger partial charge in [-0.15, -0.1) is 0 Å². The number of aryl methyl sites for hydroxylation is 1. The van der Waals surface area contributed by atoms with Crippen molar-refractivity contribution < 1.29 is 4.74 Å². The Labute approximate surface area is 125 Å². The molecule has 0 atom stereocenters. The first-order valence-electron chi connectivity index (χ1n) is 7.16. The lowest BCUT2D eigenvalue weighted by Gasteiger charge is -2.13. The highest BCUT2D eigenvalue weighted by molar-refractivity contribution is 5.37. The van der Waals surface area contributed by atoms with Crippen LogP contribution >= 0.6 is 0 Å². The van der Waals surface area contributed by atoms with Gasteiger partial charge in [-0.2, -0.15) is 0 Å². The number of anilines is 1. The van der Waals surface area contributed by atoms with E-state index in [0.717, 1.165) is 11.3 Å². The van der Waals surface area contributed by atoms with E-state index in [1.54, 1.807) is 16.8 Å². The monoisotopic (exact) mass is 286 g/mol. The number of benzene rings is 1. The number of nitrogens with zero attached hydrogens (tertiary/aromatic N) is 1. The summed E-state index contributed by atoms with van der Waals surface area (Å²) < 4.78 is 7.39. The first-order valence-corrected chi connectivity index (χ1v) is 7.16. The normalized spacial score (nSPS) is 10.9. The van der Waals surface area contributed by atoms with Crippen LogP contribution in [0.3, 0.4) is 0 Å². The summed E-state index contributed by atoms with van der Waals surface area (Å²) in [6.45, 7) is 7.24. The molecule has 0 fully saturated rings. The van der Waals surface area contributed by atoms with E-state index in [1.807, 2.05) is 6.92 Å². The molecule has 0 radical (unpaired) electrons. The van der Waals surface area contributed by atoms with Gasteiger partial charge in [0.2, 0.25) is 0 Å². The molecule has 4 heteroatoms. The van der Waals surface area contributed by atoms with Crippen LogP contribution in [0.1, 0.15) is 30.9 Å². The van der Waals surface area contributed by atoms with Crippen LogP contribution in [-0.4, -0.2) is 11.2 Å². The summed E-state index contributed by atoms with van der Waals surface area (Å²) in [6, 6.07) is 9.34. The Morgan fingerprint density at radius 2 is 2.00 bits per heavy atom. The Morgan fingerprint density at radius 1 is 1.24 bits per heavy atom. The lowest BCUT2D eigenvalue weighted by molar-refractivity contribution is 0.294. The van der Waals surface area contributed by atoms with Crippen LogP contribution in [0.4, 0.5) is 5.69 Å². The van der Waals surface area contributed by atoms with Crippen LogP contribution in [0.15, 0.2) is 41.3 Å². The average molecular weight is 286 g/mol. The van der Waals surface area contributed by atoms with E-state index in [1.165, 1.54) is 11.6 Å². The smallest absolute Gasteiger partial charge is 0.250 e. The molecule has 0 amide bonds. The summed E-state index contributed by atoms with van der Waals surface area (Å²) in [5, 5.41) is 0. The molecule has 2 N–H and O–H groups in total. The molecule has 0 bridgehead atoms. The molecule has 2 rings (SSSR count). The van der Waals surface area contributed by atoms with Crippen molar-refractivity contribution >= 4 is 5.69 Å². The minimum Gasteiger partial charge on any atom is -0.491 e. The summed E-state index contributed by atoms with van der Waals surface area (Å²) in [5.41, 5.74) is 8.54. The van der Waals surface area contributed by atoms with Gasteiger partial charge in [-0.05, 0) is 36.1 Å². The molecule has 0 saturated carbocycles. The summed E-state index contributed by atoms with van der Waals surface area (Å²) in [6.07, 6.45) is 1.64. The number of rotatable bonds is 5. The van der Waals surface area contributed by atoms with Gasteiger partial charge in [0, 0.05) is 18.0 Å². The molecular weight excluding hydrogens is 264 g/mol. The lowest BCUT2D eigenvalue weighted by atomic mass is 10.0. The Hall–Kier alpha value is -2.23. The lowest BCUT2D eigenvalue weighted by Crippen LogP contribution is -2.22. The molecule has 0 unspecified atom stereocenters. The highest BCUT2D eigenvalue weighted by Crippen LogP contribution is 2.24. The topological polar surface area (TPSA) is 57.2 Å². The summed E-state index contributed by atoms with van der Waals surface area (Å²) in [7, 11) is 0. The van der Waals surface area contributed by atoms with Crippen LogP contribution in [0.5, 0.6) is 5.75 Å². The molecule has 21 heavy (non-hydrogen) atoms. The van der Waals surface area contributed by atoms with E-state index < -0.39 is 0 Å². The van der Waals surface area contributed by atoms with Gasteiger partial charge >= 0.3 is 0 Å². The molecule has 1 heterocycles. The zero-order valence-electron chi connectivity index (χ0n) is 12.8. The van der Waals surface area contributed by atoms with Crippen molar-refractivity contribution in [2.24, 2.45) is 0 Å². The van der Waals surface area contributed by atoms with Crippen LogP contribution in [0.25, 0.3) is 0 Å². The van der Waals surface area contributed by atoms with Crippen molar-refractivity contribution in [3.8, 4) is 5.75 Å². The molecule has 0 aliphatic heterocycles. The molecular formula is C17H22N2O2. The summed E-state index contributed by atoms with van der Waals surface area (Å²) in [5.74, 6) is 1.34. The van der Waals surface area contributed by atoms with E-state index in [0.29, 0.717) is 24.8 Å². The van der Waals surface area contributed by atoms with Crippen LogP contribution in [0.2, 0.25) is 0 Å². The Balaban J connectivity index is 2.05. The van der Waals surface area contributed by atoms with Crippen LogP contribution in [0, 0.1) is 6.92 Å². The number of hydrogen-bond acceptors (Lipinski definition) is 3. The molecule has 0 aliphatic carbocycles. The highest BCUT2D eigenvalue weighted by Gasteiger charge is 2.05. The van der Waals surface area contributed by atoms with E-state index in [4.69, 9.17) is 10.5 Å². The van der Waals surface area contributed by atoms with Crippen molar-refractivity contribution in [3.05, 3.63) is 58.0 Å². The van der Waals surface area contributed by atoms with Crippen molar-refractivity contribution in [1.29, 1.82) is 0 Å². The predicted octanol–water partition coefficient (Wildman–Crippen LogP) is 2.94. The average Bonchev–Trinajstić information content (AvgIpc) is 2.44. The number of hydrogen-bond donors (Lipinski definition) is 1. The van der Waals surface area contributed by atoms with Gasteiger partial charge in [0.25, 0.3) is 5.56 Å². The minimum atomic E-state index is -0.0690. The second kappa shape index (κ2) is 6.48. The second-order valence-corrected chi connectivity index (χ2v) is 5.52. The molecule has 4 nitrogen and oxygen atoms in total. The zero-order valence-corrected chi connectivity index (χ0v) is 12.8. The summed E-state index contributed by atoms with van der Waals surface area (Å²) in [4.78, 5) is 11.7. The van der Waals surface area contributed by atoms with Gasteiger partial charge in [-0.1, -0.05) is 26.0 Å². The molecule has 2 aromatic rings. The zero-order chi connectivity index (χ0) is 15.4. The maximum atomic E-state index is 11.7. The number of nitrogens with two attached hydrogens (primary N) is 1. The molecule has 1 aromatic heterocycles. The fourth-order valence-corrected chi connectivity index (χ4v) is 2.11. The third-order valence-corrected chi connectivity index (χ3v) is 3.47. The third-order valence-electron chi connectivity index (χ3n) is 3.47. The first kappa shape index (κ1) is 15.2. The molecule has 1 aromatic carbocycles. The Bertz CT molecular complexity index is 675. The fraction of sp³-hybridized carbons (Fsp3) is 0.353. The first-order chi connectivity index (χ1) is 9.97. The van der Waals surface area contributed by atoms with Gasteiger partial charge in [-0.25, -0.2) is 0 Å². The number of aromatic nitrogens is 1. The summed E-state index contributed by atoms with van der Waals surface area (Å²) >= 11 is 0. The maximum Gasteiger partial charge on any atom is 0.250 e. The van der Waals surface area contributed by atoms with Crippen LogP contribution < -0.4 is 16.0 Å². The molecule has 0 aliphatic rings. The number of nitrogen functional groups attached to an aromatic ring is 1. The third kappa shape index (κ3) is 3.88. The van der Waals surface area contributed by atoms with Gasteiger partial charge in [0.1, 0.15) is 12.4 Å². The number of pyridine rings is 1. The van der Waals surface area contributed by atoms with E-state index in [9.17, 15) is 4.79 Å². The van der Waals surface area contributed by atoms with Crippen molar-refractivity contribution in [2.75, 3.05) is 12.3 Å².